The summed E-state index contributed by atoms with van der Waals surface area (Å²) in [6.07, 6.45) is 14.4. The number of halogens is 3. The molecule has 0 heterocycles. The van der Waals surface area contributed by atoms with Crippen LogP contribution in [-0.4, -0.2) is 5.92 Å². The summed E-state index contributed by atoms with van der Waals surface area (Å²) in [5.74, 6) is -2.01. The van der Waals surface area contributed by atoms with Crippen molar-refractivity contribution in [3.05, 3.63) is 47.3 Å². The van der Waals surface area contributed by atoms with Crippen molar-refractivity contribution >= 4 is 0 Å². The molecule has 0 amide bonds. The molecule has 0 aromatic heterocycles. The van der Waals surface area contributed by atoms with E-state index in [9.17, 15) is 13.2 Å². The van der Waals surface area contributed by atoms with E-state index in [4.69, 9.17) is 5.26 Å². The van der Waals surface area contributed by atoms with Gasteiger partial charge in [-0.15, -0.1) is 0 Å². The van der Waals surface area contributed by atoms with Crippen LogP contribution in [0, 0.1) is 40.8 Å². The Morgan fingerprint density at radius 1 is 1.03 bits per heavy atom. The summed E-state index contributed by atoms with van der Waals surface area (Å²) in [6, 6.07) is 5.58. The number of rotatable bonds is 7. The lowest BCUT2D eigenvalue weighted by atomic mass is 9.67. The maximum Gasteiger partial charge on any atom is 0.254 e. The Balaban J connectivity index is 1.46. The lowest BCUT2D eigenvalue weighted by molar-refractivity contribution is -0.0777. The van der Waals surface area contributed by atoms with Gasteiger partial charge in [-0.2, -0.15) is 5.26 Å². The monoisotopic (exact) mass is 417 g/mol. The molecule has 4 heteroatoms. The van der Waals surface area contributed by atoms with Gasteiger partial charge in [0.05, 0.1) is 5.56 Å². The molecule has 2 fully saturated rings. The summed E-state index contributed by atoms with van der Waals surface area (Å²) in [6.45, 7) is 2.07. The van der Waals surface area contributed by atoms with E-state index in [0.29, 0.717) is 24.7 Å². The Kier molecular flexibility index (Phi) is 8.03. The lowest BCUT2D eigenvalue weighted by Gasteiger charge is -2.39. The highest BCUT2D eigenvalue weighted by Crippen LogP contribution is 2.46. The smallest absolute Gasteiger partial charge is 0.206 e. The fourth-order valence-corrected chi connectivity index (χ4v) is 5.64. The van der Waals surface area contributed by atoms with E-state index in [1.165, 1.54) is 50.7 Å². The Labute approximate surface area is 179 Å². The number of alkyl halides is 2. The Hall–Kier alpha value is -1.76. The molecule has 0 radical (unpaired) electrons. The first-order chi connectivity index (χ1) is 14.4. The first-order valence-corrected chi connectivity index (χ1v) is 11.6. The molecule has 2 aliphatic carbocycles. The summed E-state index contributed by atoms with van der Waals surface area (Å²) in [5.41, 5.74) is 0.175. The van der Waals surface area contributed by atoms with Crippen LogP contribution in [0.2, 0.25) is 0 Å². The minimum atomic E-state index is -2.82. The van der Waals surface area contributed by atoms with E-state index in [1.54, 1.807) is 6.07 Å². The normalized spacial score (nSPS) is 27.8. The highest BCUT2D eigenvalue weighted by atomic mass is 19.3. The molecule has 0 saturated heterocycles. The minimum absolute atomic E-state index is 0.0980. The Morgan fingerprint density at radius 2 is 1.67 bits per heavy atom. The van der Waals surface area contributed by atoms with Gasteiger partial charge in [-0.25, -0.2) is 13.2 Å². The summed E-state index contributed by atoms with van der Waals surface area (Å²) < 4.78 is 43.5. The largest absolute Gasteiger partial charge is 0.254 e. The number of nitriles is 1. The zero-order valence-electron chi connectivity index (χ0n) is 18.1. The van der Waals surface area contributed by atoms with Crippen molar-refractivity contribution in [2.24, 2.45) is 23.7 Å². The predicted molar refractivity (Wildman–Crippen MR) is 115 cm³/mol. The number of nitrogens with zero attached hydrogens (tertiary/aromatic N) is 1. The van der Waals surface area contributed by atoms with Gasteiger partial charge in [-0.05, 0) is 93.7 Å². The predicted octanol–water partition coefficient (Wildman–Crippen LogP) is 7.84. The molecule has 2 aliphatic rings. The fourth-order valence-electron chi connectivity index (χ4n) is 5.64. The second-order valence-electron chi connectivity index (χ2n) is 9.40. The number of benzene rings is 1. The molecule has 30 heavy (non-hydrogen) atoms. The Morgan fingerprint density at radius 3 is 2.23 bits per heavy atom. The van der Waals surface area contributed by atoms with E-state index in [2.05, 4.69) is 19.1 Å². The molecular weight excluding hydrogens is 383 g/mol. The van der Waals surface area contributed by atoms with E-state index >= 15 is 0 Å². The van der Waals surface area contributed by atoms with Crippen LogP contribution in [0.4, 0.5) is 13.2 Å². The molecule has 0 spiro atoms. The maximum atomic E-state index is 14.9. The molecule has 2 saturated carbocycles. The molecule has 0 aliphatic heterocycles. The lowest BCUT2D eigenvalue weighted by Crippen LogP contribution is -2.35. The summed E-state index contributed by atoms with van der Waals surface area (Å²) in [4.78, 5) is 0. The van der Waals surface area contributed by atoms with Gasteiger partial charge >= 0.3 is 0 Å². The first kappa shape index (κ1) is 22.9. The zero-order valence-corrected chi connectivity index (χ0v) is 18.1. The second-order valence-corrected chi connectivity index (χ2v) is 9.40. The van der Waals surface area contributed by atoms with Crippen molar-refractivity contribution in [1.29, 1.82) is 5.26 Å². The Bertz CT molecular complexity index is 748. The second kappa shape index (κ2) is 10.5. The SMILES string of the molecule is C/C=C/CCC1CCC(C2CCC(C(F)(F)Cc3ccc(C#N)c(F)c3)CC2)CC1. The third-order valence-corrected chi connectivity index (χ3v) is 7.50. The third-order valence-electron chi connectivity index (χ3n) is 7.50. The van der Waals surface area contributed by atoms with Crippen LogP contribution in [0.3, 0.4) is 0 Å². The van der Waals surface area contributed by atoms with Gasteiger partial charge in [-0.1, -0.05) is 31.1 Å². The molecule has 0 N–H and O–H groups in total. The molecule has 0 bridgehead atoms. The van der Waals surface area contributed by atoms with Gasteiger partial charge in [-0.3, -0.25) is 0 Å². The van der Waals surface area contributed by atoms with Crippen molar-refractivity contribution in [2.45, 2.75) is 83.5 Å². The van der Waals surface area contributed by atoms with Gasteiger partial charge in [0, 0.05) is 12.3 Å². The van der Waals surface area contributed by atoms with Crippen molar-refractivity contribution in [3.63, 3.8) is 0 Å². The van der Waals surface area contributed by atoms with Gasteiger partial charge < -0.3 is 0 Å². The minimum Gasteiger partial charge on any atom is -0.206 e. The van der Waals surface area contributed by atoms with E-state index in [1.807, 2.05) is 0 Å². The quantitative estimate of drug-likeness (QED) is 0.414. The zero-order chi connectivity index (χ0) is 21.6. The van der Waals surface area contributed by atoms with Crippen LogP contribution >= 0.6 is 0 Å². The van der Waals surface area contributed by atoms with Crippen molar-refractivity contribution in [2.75, 3.05) is 0 Å². The third kappa shape index (κ3) is 5.90. The van der Waals surface area contributed by atoms with Crippen LogP contribution < -0.4 is 0 Å². The molecule has 0 atom stereocenters. The topological polar surface area (TPSA) is 23.8 Å². The maximum absolute atomic E-state index is 14.9. The molecule has 1 aromatic rings. The molecule has 0 unspecified atom stereocenters. The summed E-state index contributed by atoms with van der Waals surface area (Å²) in [7, 11) is 0. The van der Waals surface area contributed by atoms with Crippen LogP contribution in [0.25, 0.3) is 0 Å². The molecule has 164 valence electrons. The van der Waals surface area contributed by atoms with Gasteiger partial charge in [0.2, 0.25) is 0 Å². The van der Waals surface area contributed by atoms with E-state index in [0.717, 1.165) is 24.8 Å². The van der Waals surface area contributed by atoms with Crippen molar-refractivity contribution < 1.29 is 13.2 Å². The molecule has 3 rings (SSSR count). The molecular formula is C26H34F3N. The summed E-state index contributed by atoms with van der Waals surface area (Å²) >= 11 is 0. The number of hydrogen-bond acceptors (Lipinski definition) is 1. The standard InChI is InChI=1S/C26H34F3N/c1-2-3-4-5-19-6-9-21(10-7-19)22-12-14-24(15-13-22)26(28,29)17-20-8-11-23(18-30)25(27)16-20/h2-3,8,11,16,19,21-22,24H,4-7,9-10,12-15,17H2,1H3/b3-2+. The highest BCUT2D eigenvalue weighted by Gasteiger charge is 2.42. The van der Waals surface area contributed by atoms with E-state index in [-0.39, 0.29) is 11.1 Å². The molecule has 1 nitrogen and oxygen atoms in total. The van der Waals surface area contributed by atoms with Gasteiger partial charge in [0.25, 0.3) is 5.92 Å². The number of hydrogen-bond donors (Lipinski definition) is 0. The average Bonchev–Trinajstić information content (AvgIpc) is 2.74. The van der Waals surface area contributed by atoms with Crippen LogP contribution in [0.5, 0.6) is 0 Å². The van der Waals surface area contributed by atoms with Crippen LogP contribution in [-0.2, 0) is 6.42 Å². The highest BCUT2D eigenvalue weighted by molar-refractivity contribution is 5.33. The number of allylic oxidation sites excluding steroid dienone is 2. The molecule has 1 aromatic carbocycles. The van der Waals surface area contributed by atoms with Crippen LogP contribution in [0.15, 0.2) is 30.4 Å². The van der Waals surface area contributed by atoms with Gasteiger partial charge in [0.15, 0.2) is 0 Å². The fraction of sp³-hybridized carbons (Fsp3) is 0.654. The van der Waals surface area contributed by atoms with Gasteiger partial charge in [0.1, 0.15) is 11.9 Å². The average molecular weight is 418 g/mol. The van der Waals surface area contributed by atoms with Crippen LogP contribution in [0.1, 0.15) is 82.3 Å². The summed E-state index contributed by atoms with van der Waals surface area (Å²) in [5, 5.41) is 8.80. The van der Waals surface area contributed by atoms with Crippen molar-refractivity contribution in [1.82, 2.24) is 0 Å². The first-order valence-electron chi connectivity index (χ1n) is 11.6. The van der Waals surface area contributed by atoms with E-state index < -0.39 is 24.1 Å². The van der Waals surface area contributed by atoms with Crippen molar-refractivity contribution in [3.8, 4) is 6.07 Å².